The number of piperidine rings is 1. The summed E-state index contributed by atoms with van der Waals surface area (Å²) in [5.41, 5.74) is -0.383. The average Bonchev–Trinajstić information content (AvgIpc) is 2.46. The lowest BCUT2D eigenvalue weighted by molar-refractivity contribution is -0.178. The summed E-state index contributed by atoms with van der Waals surface area (Å²) in [5.74, 6) is -0.0376. The van der Waals surface area contributed by atoms with Gasteiger partial charge < -0.3 is 9.64 Å². The Morgan fingerprint density at radius 1 is 1.40 bits per heavy atom. The van der Waals surface area contributed by atoms with Crippen molar-refractivity contribution in [2.45, 2.75) is 37.8 Å². The highest BCUT2D eigenvalue weighted by atomic mass is 16.5. The molecule has 1 aromatic rings. The van der Waals surface area contributed by atoms with Crippen molar-refractivity contribution < 1.29 is 14.3 Å². The van der Waals surface area contributed by atoms with Crippen molar-refractivity contribution in [2.75, 3.05) is 7.11 Å². The standard InChI is InChI=1S/C15H18N2O3/c1-10-7-11-9-15(8-10,14(19)20-2)17(11)13(18)12-5-3-4-6-16-12/h3-6,10-11H,7-9H2,1-2H3. The van der Waals surface area contributed by atoms with E-state index in [0.29, 0.717) is 24.5 Å². The molecule has 2 aliphatic rings. The first-order chi connectivity index (χ1) is 9.58. The van der Waals surface area contributed by atoms with Crippen molar-refractivity contribution in [2.24, 2.45) is 5.92 Å². The molecule has 0 N–H and O–H groups in total. The van der Waals surface area contributed by atoms with E-state index in [1.807, 2.05) is 0 Å². The molecule has 106 valence electrons. The van der Waals surface area contributed by atoms with Gasteiger partial charge in [-0.05, 0) is 30.9 Å². The van der Waals surface area contributed by atoms with Crippen LogP contribution in [0.3, 0.4) is 0 Å². The molecule has 3 atom stereocenters. The number of hydrogen-bond donors (Lipinski definition) is 0. The molecule has 1 aliphatic heterocycles. The molecule has 5 heteroatoms. The SMILES string of the molecule is COC(=O)C12CC(C)CC(C1)N2C(=O)c1ccccn1. The molecule has 0 spiro atoms. The number of methoxy groups -OCH3 is 1. The highest BCUT2D eigenvalue weighted by molar-refractivity contribution is 5.98. The highest BCUT2D eigenvalue weighted by Gasteiger charge is 2.63. The van der Waals surface area contributed by atoms with E-state index in [2.05, 4.69) is 11.9 Å². The molecule has 2 bridgehead atoms. The van der Waals surface area contributed by atoms with E-state index >= 15 is 0 Å². The lowest BCUT2D eigenvalue weighted by atomic mass is 9.64. The summed E-state index contributed by atoms with van der Waals surface area (Å²) >= 11 is 0. The van der Waals surface area contributed by atoms with Gasteiger partial charge in [-0.15, -0.1) is 0 Å². The minimum absolute atomic E-state index is 0.132. The maximum Gasteiger partial charge on any atom is 0.331 e. The summed E-state index contributed by atoms with van der Waals surface area (Å²) in [6.07, 6.45) is 3.92. The Balaban J connectivity index is 1.93. The predicted octanol–water partition coefficient (Wildman–Crippen LogP) is 1.64. The number of esters is 1. The Kier molecular flexibility index (Phi) is 3.00. The number of aromatic nitrogens is 1. The van der Waals surface area contributed by atoms with Crippen molar-refractivity contribution in [3.63, 3.8) is 0 Å². The second-order valence-corrected chi connectivity index (χ2v) is 5.82. The van der Waals surface area contributed by atoms with Crippen LogP contribution in [0.2, 0.25) is 0 Å². The van der Waals surface area contributed by atoms with E-state index in [0.717, 1.165) is 6.42 Å². The third-order valence-electron chi connectivity index (χ3n) is 4.43. The smallest absolute Gasteiger partial charge is 0.331 e. The number of carbonyl (C=O) groups excluding carboxylic acids is 2. The van der Waals surface area contributed by atoms with Gasteiger partial charge in [-0.25, -0.2) is 4.79 Å². The van der Waals surface area contributed by atoms with Crippen LogP contribution in [0.1, 0.15) is 36.7 Å². The van der Waals surface area contributed by atoms with E-state index in [9.17, 15) is 9.59 Å². The van der Waals surface area contributed by atoms with Gasteiger partial charge in [-0.3, -0.25) is 9.78 Å². The first-order valence-electron chi connectivity index (χ1n) is 6.91. The minimum Gasteiger partial charge on any atom is -0.467 e. The van der Waals surface area contributed by atoms with Crippen LogP contribution in [0.4, 0.5) is 0 Å². The van der Waals surface area contributed by atoms with Gasteiger partial charge in [0, 0.05) is 18.7 Å². The van der Waals surface area contributed by atoms with Crippen molar-refractivity contribution in [1.29, 1.82) is 0 Å². The summed E-state index contributed by atoms with van der Waals surface area (Å²) in [5, 5.41) is 0. The summed E-state index contributed by atoms with van der Waals surface area (Å²) in [7, 11) is 1.38. The molecule has 0 radical (unpaired) electrons. The van der Waals surface area contributed by atoms with Crippen LogP contribution in [-0.4, -0.2) is 40.5 Å². The Morgan fingerprint density at radius 3 is 2.85 bits per heavy atom. The van der Waals surface area contributed by atoms with Crippen molar-refractivity contribution in [3.8, 4) is 0 Å². The predicted molar refractivity (Wildman–Crippen MR) is 72.0 cm³/mol. The number of ether oxygens (including phenoxy) is 1. The Hall–Kier alpha value is -1.91. The number of rotatable bonds is 2. The molecule has 20 heavy (non-hydrogen) atoms. The fourth-order valence-corrected chi connectivity index (χ4v) is 3.74. The van der Waals surface area contributed by atoms with Gasteiger partial charge >= 0.3 is 5.97 Å². The Morgan fingerprint density at radius 2 is 2.20 bits per heavy atom. The van der Waals surface area contributed by atoms with Crippen LogP contribution in [0.5, 0.6) is 0 Å². The quantitative estimate of drug-likeness (QED) is 0.769. The van der Waals surface area contributed by atoms with E-state index in [4.69, 9.17) is 4.74 Å². The van der Waals surface area contributed by atoms with Crippen LogP contribution in [-0.2, 0) is 9.53 Å². The molecule has 3 rings (SSSR count). The zero-order valence-electron chi connectivity index (χ0n) is 11.7. The molecule has 1 saturated heterocycles. The maximum atomic E-state index is 12.6. The van der Waals surface area contributed by atoms with E-state index in [1.165, 1.54) is 7.11 Å². The normalized spacial score (nSPS) is 31.4. The molecule has 2 fully saturated rings. The van der Waals surface area contributed by atoms with Crippen LogP contribution in [0.15, 0.2) is 24.4 Å². The Bertz CT molecular complexity index is 545. The number of carbonyl (C=O) groups is 2. The van der Waals surface area contributed by atoms with Gasteiger partial charge in [0.1, 0.15) is 11.2 Å². The summed E-state index contributed by atoms with van der Waals surface area (Å²) < 4.78 is 4.94. The molecule has 1 amide bonds. The molecule has 2 heterocycles. The number of pyridine rings is 1. The minimum atomic E-state index is -0.772. The van der Waals surface area contributed by atoms with Crippen LogP contribution in [0.25, 0.3) is 0 Å². The van der Waals surface area contributed by atoms with E-state index in [-0.39, 0.29) is 17.9 Å². The van der Waals surface area contributed by atoms with Gasteiger partial charge in [-0.2, -0.15) is 0 Å². The molecule has 3 unspecified atom stereocenters. The lowest BCUT2D eigenvalue weighted by Gasteiger charge is -2.61. The summed E-state index contributed by atoms with van der Waals surface area (Å²) in [6.45, 7) is 2.12. The molecular weight excluding hydrogens is 256 g/mol. The van der Waals surface area contributed by atoms with Gasteiger partial charge in [0.25, 0.3) is 5.91 Å². The van der Waals surface area contributed by atoms with Gasteiger partial charge in [0.2, 0.25) is 0 Å². The summed E-state index contributed by atoms with van der Waals surface area (Å²) in [4.78, 5) is 30.6. The first kappa shape index (κ1) is 13.1. The lowest BCUT2D eigenvalue weighted by Crippen LogP contribution is -2.75. The highest BCUT2D eigenvalue weighted by Crippen LogP contribution is 2.50. The molecule has 1 aliphatic carbocycles. The van der Waals surface area contributed by atoms with Gasteiger partial charge in [-0.1, -0.05) is 13.0 Å². The molecule has 1 saturated carbocycles. The topological polar surface area (TPSA) is 59.5 Å². The third-order valence-corrected chi connectivity index (χ3v) is 4.43. The number of hydrogen-bond acceptors (Lipinski definition) is 4. The van der Waals surface area contributed by atoms with Crippen molar-refractivity contribution in [3.05, 3.63) is 30.1 Å². The summed E-state index contributed by atoms with van der Waals surface area (Å²) in [6, 6.07) is 5.37. The van der Waals surface area contributed by atoms with Crippen LogP contribution < -0.4 is 0 Å². The molecule has 1 aromatic heterocycles. The van der Waals surface area contributed by atoms with E-state index in [1.54, 1.807) is 29.3 Å². The number of amides is 1. The monoisotopic (exact) mass is 274 g/mol. The number of fused-ring (bicyclic) bond motifs is 2. The Labute approximate surface area is 117 Å². The number of likely N-dealkylation sites (tertiary alicyclic amines) is 1. The number of nitrogens with zero attached hydrogens (tertiary/aromatic N) is 2. The molecule has 5 nitrogen and oxygen atoms in total. The third kappa shape index (κ3) is 1.72. The van der Waals surface area contributed by atoms with Gasteiger partial charge in [0.15, 0.2) is 0 Å². The molecular formula is C15H18N2O3. The maximum absolute atomic E-state index is 12.6. The second-order valence-electron chi connectivity index (χ2n) is 5.82. The second kappa shape index (κ2) is 4.58. The molecule has 0 aromatic carbocycles. The zero-order valence-corrected chi connectivity index (χ0v) is 11.7. The largest absolute Gasteiger partial charge is 0.467 e. The van der Waals surface area contributed by atoms with E-state index < -0.39 is 5.54 Å². The fourth-order valence-electron chi connectivity index (χ4n) is 3.74. The van der Waals surface area contributed by atoms with Crippen molar-refractivity contribution >= 4 is 11.9 Å². The van der Waals surface area contributed by atoms with Crippen LogP contribution >= 0.6 is 0 Å². The fraction of sp³-hybridized carbons (Fsp3) is 0.533. The van der Waals surface area contributed by atoms with Crippen LogP contribution in [0, 0.1) is 5.92 Å². The van der Waals surface area contributed by atoms with Crippen molar-refractivity contribution in [1.82, 2.24) is 9.88 Å². The zero-order chi connectivity index (χ0) is 14.3. The first-order valence-corrected chi connectivity index (χ1v) is 6.91. The van der Waals surface area contributed by atoms with Gasteiger partial charge in [0.05, 0.1) is 7.11 Å². The average molecular weight is 274 g/mol.